The number of anilines is 1. The number of fused-ring (bicyclic) bond motifs is 1. The van der Waals surface area contributed by atoms with Gasteiger partial charge in [0.25, 0.3) is 5.91 Å². The van der Waals surface area contributed by atoms with Crippen LogP contribution in [0.4, 0.5) is 5.69 Å². The molecule has 2 rings (SSSR count). The fourth-order valence-corrected chi connectivity index (χ4v) is 2.89. The maximum absolute atomic E-state index is 12.3. The molecule has 1 amide bonds. The molecule has 1 aromatic heterocycles. The fraction of sp³-hybridized carbons (Fsp3) is 0.308. The molecule has 0 aliphatic carbocycles. The molecule has 0 unspecified atom stereocenters. The lowest BCUT2D eigenvalue weighted by Crippen LogP contribution is -2.35. The number of nitrogens with two attached hydrogens (primary N) is 1. The van der Waals surface area contributed by atoms with E-state index in [0.717, 1.165) is 10.1 Å². The van der Waals surface area contributed by atoms with Crippen LogP contribution in [0.1, 0.15) is 9.67 Å². The summed E-state index contributed by atoms with van der Waals surface area (Å²) in [5.41, 5.74) is 6.37. The van der Waals surface area contributed by atoms with Crippen LogP contribution in [0.25, 0.3) is 10.1 Å². The summed E-state index contributed by atoms with van der Waals surface area (Å²) >= 11 is 1.38. The standard InChI is InChI=1S/C13H16N2O3S/c14-10-1-2-11-9(7-10)8-12(19-11)13(18)15(3-5-16)4-6-17/h1-2,7-8,16-17H,3-6,14H2. The number of aliphatic hydroxyl groups excluding tert-OH is 2. The zero-order chi connectivity index (χ0) is 13.8. The maximum Gasteiger partial charge on any atom is 0.264 e. The van der Waals surface area contributed by atoms with Gasteiger partial charge in [0.05, 0.1) is 18.1 Å². The van der Waals surface area contributed by atoms with E-state index in [0.29, 0.717) is 10.6 Å². The van der Waals surface area contributed by atoms with E-state index in [4.69, 9.17) is 15.9 Å². The number of hydrogen-bond donors (Lipinski definition) is 3. The van der Waals surface area contributed by atoms with E-state index in [-0.39, 0.29) is 32.2 Å². The Morgan fingerprint density at radius 1 is 1.21 bits per heavy atom. The number of nitrogens with zero attached hydrogens (tertiary/aromatic N) is 1. The SMILES string of the molecule is Nc1ccc2sc(C(=O)N(CCO)CCO)cc2c1. The third-order valence-corrected chi connectivity index (χ3v) is 3.88. The monoisotopic (exact) mass is 280 g/mol. The molecule has 1 heterocycles. The molecule has 0 saturated carbocycles. The molecular weight excluding hydrogens is 264 g/mol. The van der Waals surface area contributed by atoms with Crippen LogP contribution in [0.15, 0.2) is 24.3 Å². The van der Waals surface area contributed by atoms with Crippen LogP contribution in [0.3, 0.4) is 0 Å². The third kappa shape index (κ3) is 3.04. The largest absolute Gasteiger partial charge is 0.399 e. The minimum Gasteiger partial charge on any atom is -0.399 e. The first-order valence-electron chi connectivity index (χ1n) is 5.95. The number of thiophene rings is 1. The predicted octanol–water partition coefficient (Wildman–Crippen LogP) is 0.910. The second-order valence-electron chi connectivity index (χ2n) is 4.15. The molecule has 0 aliphatic rings. The molecule has 0 fully saturated rings. The first-order valence-corrected chi connectivity index (χ1v) is 6.77. The number of amides is 1. The quantitative estimate of drug-likeness (QED) is 0.711. The summed E-state index contributed by atoms with van der Waals surface area (Å²) in [7, 11) is 0. The van der Waals surface area contributed by atoms with E-state index < -0.39 is 0 Å². The van der Waals surface area contributed by atoms with Gasteiger partial charge in [-0.2, -0.15) is 0 Å². The van der Waals surface area contributed by atoms with Crippen molar-refractivity contribution in [2.45, 2.75) is 0 Å². The van der Waals surface area contributed by atoms with Gasteiger partial charge in [0.15, 0.2) is 0 Å². The second-order valence-corrected chi connectivity index (χ2v) is 5.23. The van der Waals surface area contributed by atoms with Crippen LogP contribution < -0.4 is 5.73 Å². The van der Waals surface area contributed by atoms with Crippen LogP contribution in [0, 0.1) is 0 Å². The molecule has 0 radical (unpaired) electrons. The van der Waals surface area contributed by atoms with E-state index in [9.17, 15) is 4.79 Å². The van der Waals surface area contributed by atoms with Gasteiger partial charge >= 0.3 is 0 Å². The zero-order valence-corrected chi connectivity index (χ0v) is 11.2. The molecule has 0 atom stereocenters. The van der Waals surface area contributed by atoms with Crippen molar-refractivity contribution in [2.24, 2.45) is 0 Å². The lowest BCUT2D eigenvalue weighted by molar-refractivity contribution is 0.0689. The molecule has 0 spiro atoms. The van der Waals surface area contributed by atoms with Crippen LogP contribution in [0.5, 0.6) is 0 Å². The molecule has 1 aromatic carbocycles. The number of aliphatic hydroxyl groups is 2. The second kappa shape index (κ2) is 6.01. The van der Waals surface area contributed by atoms with Gasteiger partial charge in [-0.25, -0.2) is 0 Å². The first kappa shape index (κ1) is 13.8. The number of carbonyl (C=O) groups excluding carboxylic acids is 1. The van der Waals surface area contributed by atoms with Crippen molar-refractivity contribution >= 4 is 33.0 Å². The number of carbonyl (C=O) groups is 1. The van der Waals surface area contributed by atoms with Crippen molar-refractivity contribution in [1.82, 2.24) is 4.90 Å². The van der Waals surface area contributed by atoms with E-state index in [2.05, 4.69) is 0 Å². The third-order valence-electron chi connectivity index (χ3n) is 2.78. The van der Waals surface area contributed by atoms with Gasteiger partial charge in [-0.05, 0) is 29.7 Å². The van der Waals surface area contributed by atoms with Crippen LogP contribution in [0.2, 0.25) is 0 Å². The summed E-state index contributed by atoms with van der Waals surface area (Å²) in [5.74, 6) is -0.178. The van der Waals surface area contributed by atoms with Gasteiger partial charge in [0.1, 0.15) is 0 Å². The van der Waals surface area contributed by atoms with Crippen molar-refractivity contribution in [2.75, 3.05) is 32.0 Å². The summed E-state index contributed by atoms with van der Waals surface area (Å²) in [4.78, 5) is 14.3. The van der Waals surface area contributed by atoms with Crippen molar-refractivity contribution < 1.29 is 15.0 Å². The molecule has 2 aromatic rings. The smallest absolute Gasteiger partial charge is 0.264 e. The number of hydrogen-bond acceptors (Lipinski definition) is 5. The highest BCUT2D eigenvalue weighted by molar-refractivity contribution is 7.20. The zero-order valence-electron chi connectivity index (χ0n) is 10.4. The Bertz CT molecular complexity index is 576. The Hall–Kier alpha value is -1.63. The molecule has 5 nitrogen and oxygen atoms in total. The fourth-order valence-electron chi connectivity index (χ4n) is 1.88. The molecule has 0 bridgehead atoms. The molecular formula is C13H16N2O3S. The Morgan fingerprint density at radius 2 is 1.89 bits per heavy atom. The highest BCUT2D eigenvalue weighted by Crippen LogP contribution is 2.28. The summed E-state index contributed by atoms with van der Waals surface area (Å²) in [6.07, 6.45) is 0. The van der Waals surface area contributed by atoms with E-state index in [1.165, 1.54) is 16.2 Å². The minimum atomic E-state index is -0.178. The van der Waals surface area contributed by atoms with Crippen LogP contribution in [-0.4, -0.2) is 47.3 Å². The lowest BCUT2D eigenvalue weighted by Gasteiger charge is -2.19. The molecule has 0 aliphatic heterocycles. The average Bonchev–Trinajstić information content (AvgIpc) is 2.80. The first-order chi connectivity index (χ1) is 9.15. The van der Waals surface area contributed by atoms with E-state index >= 15 is 0 Å². The van der Waals surface area contributed by atoms with Gasteiger partial charge in [-0.1, -0.05) is 0 Å². The molecule has 4 N–H and O–H groups in total. The van der Waals surface area contributed by atoms with Gasteiger partial charge in [0.2, 0.25) is 0 Å². The molecule has 19 heavy (non-hydrogen) atoms. The van der Waals surface area contributed by atoms with Crippen LogP contribution in [-0.2, 0) is 0 Å². The van der Waals surface area contributed by atoms with Crippen molar-refractivity contribution in [3.05, 3.63) is 29.1 Å². The Balaban J connectivity index is 2.29. The number of nitrogen functional groups attached to an aromatic ring is 1. The average molecular weight is 280 g/mol. The molecule has 6 heteroatoms. The highest BCUT2D eigenvalue weighted by atomic mass is 32.1. The Morgan fingerprint density at radius 3 is 2.53 bits per heavy atom. The van der Waals surface area contributed by atoms with Crippen molar-refractivity contribution in [3.8, 4) is 0 Å². The van der Waals surface area contributed by atoms with E-state index in [1.807, 2.05) is 12.1 Å². The minimum absolute atomic E-state index is 0.121. The molecule has 0 saturated heterocycles. The van der Waals surface area contributed by atoms with Gasteiger partial charge in [-0.15, -0.1) is 11.3 Å². The summed E-state index contributed by atoms with van der Waals surface area (Å²) < 4.78 is 0.991. The maximum atomic E-state index is 12.3. The van der Waals surface area contributed by atoms with Gasteiger partial charge in [0, 0.05) is 23.5 Å². The lowest BCUT2D eigenvalue weighted by atomic mass is 10.2. The van der Waals surface area contributed by atoms with Gasteiger partial charge in [-0.3, -0.25) is 4.79 Å². The number of rotatable bonds is 5. The van der Waals surface area contributed by atoms with Crippen molar-refractivity contribution in [1.29, 1.82) is 0 Å². The Labute approximate surface area is 114 Å². The van der Waals surface area contributed by atoms with Crippen molar-refractivity contribution in [3.63, 3.8) is 0 Å². The van der Waals surface area contributed by atoms with E-state index in [1.54, 1.807) is 12.1 Å². The normalized spacial score (nSPS) is 10.8. The molecule has 102 valence electrons. The number of benzene rings is 1. The summed E-state index contributed by atoms with van der Waals surface area (Å²) in [6.45, 7) is 0.193. The predicted molar refractivity (Wildman–Crippen MR) is 76.3 cm³/mol. The Kier molecular flexibility index (Phi) is 4.36. The van der Waals surface area contributed by atoms with Gasteiger partial charge < -0.3 is 20.8 Å². The van der Waals surface area contributed by atoms with Crippen LogP contribution >= 0.6 is 11.3 Å². The summed E-state index contributed by atoms with van der Waals surface area (Å²) in [6, 6.07) is 7.30. The topological polar surface area (TPSA) is 86.8 Å². The highest BCUT2D eigenvalue weighted by Gasteiger charge is 2.17. The summed E-state index contributed by atoms with van der Waals surface area (Å²) in [5, 5.41) is 18.8.